The minimum absolute atomic E-state index is 0.0709. The van der Waals surface area contributed by atoms with Crippen LogP contribution in [0.3, 0.4) is 0 Å². The molecule has 1 aromatic rings. The Morgan fingerprint density at radius 3 is 2.35 bits per heavy atom. The van der Waals surface area contributed by atoms with Crippen LogP contribution in [0.4, 0.5) is 5.69 Å². The number of piperidine rings is 1. The first-order chi connectivity index (χ1) is 11.1. The number of amides is 2. The zero-order chi connectivity index (χ0) is 16.4. The Balaban J connectivity index is 1.75. The van der Waals surface area contributed by atoms with E-state index in [9.17, 15) is 14.4 Å². The number of carbonyl (C=O) groups is 3. The largest absolute Gasteiger partial charge is 0.481 e. The highest BCUT2D eigenvalue weighted by molar-refractivity contribution is 6.22. The molecule has 2 amide bonds. The van der Waals surface area contributed by atoms with E-state index in [0.717, 1.165) is 25.9 Å². The van der Waals surface area contributed by atoms with Crippen molar-refractivity contribution in [1.29, 1.82) is 0 Å². The molecule has 0 saturated carbocycles. The highest BCUT2D eigenvalue weighted by Crippen LogP contribution is 2.27. The lowest BCUT2D eigenvalue weighted by molar-refractivity contribution is -0.136. The summed E-state index contributed by atoms with van der Waals surface area (Å²) in [6.45, 7) is 1.74. The number of anilines is 1. The molecule has 1 atom stereocenters. The summed E-state index contributed by atoms with van der Waals surface area (Å²) in [4.78, 5) is 39.0. The van der Waals surface area contributed by atoms with E-state index in [1.807, 2.05) is 0 Å². The molecule has 0 aromatic heterocycles. The SMILES string of the molecule is O=C(O)Cc1ccc(N2C(=O)CC(N3CCCCC3)C2=O)cc1. The fourth-order valence-electron chi connectivity index (χ4n) is 3.34. The molecule has 1 aromatic carbocycles. The number of aliphatic carboxylic acids is 1. The van der Waals surface area contributed by atoms with E-state index in [1.54, 1.807) is 24.3 Å². The van der Waals surface area contributed by atoms with Gasteiger partial charge in [0.05, 0.1) is 24.6 Å². The molecule has 1 unspecified atom stereocenters. The van der Waals surface area contributed by atoms with Crippen molar-refractivity contribution in [3.05, 3.63) is 29.8 Å². The lowest BCUT2D eigenvalue weighted by atomic mass is 10.1. The van der Waals surface area contributed by atoms with Crippen LogP contribution in [-0.2, 0) is 20.8 Å². The van der Waals surface area contributed by atoms with Crippen LogP contribution in [0.5, 0.6) is 0 Å². The van der Waals surface area contributed by atoms with Gasteiger partial charge in [-0.05, 0) is 43.6 Å². The third-order valence-electron chi connectivity index (χ3n) is 4.50. The molecule has 2 heterocycles. The number of likely N-dealkylation sites (tertiary alicyclic amines) is 1. The summed E-state index contributed by atoms with van der Waals surface area (Å²) in [5.74, 6) is -1.25. The average Bonchev–Trinajstić information content (AvgIpc) is 2.83. The van der Waals surface area contributed by atoms with Crippen molar-refractivity contribution in [2.75, 3.05) is 18.0 Å². The van der Waals surface area contributed by atoms with Gasteiger partial charge in [-0.25, -0.2) is 4.90 Å². The van der Waals surface area contributed by atoms with E-state index in [-0.39, 0.29) is 30.7 Å². The first-order valence-corrected chi connectivity index (χ1v) is 7.98. The fourth-order valence-corrected chi connectivity index (χ4v) is 3.34. The summed E-state index contributed by atoms with van der Waals surface area (Å²) >= 11 is 0. The summed E-state index contributed by atoms with van der Waals surface area (Å²) < 4.78 is 0. The number of hydrogen-bond donors (Lipinski definition) is 1. The van der Waals surface area contributed by atoms with Gasteiger partial charge in [0.15, 0.2) is 0 Å². The molecule has 0 aliphatic carbocycles. The number of carbonyl (C=O) groups excluding carboxylic acids is 2. The Morgan fingerprint density at radius 2 is 1.74 bits per heavy atom. The van der Waals surface area contributed by atoms with Crippen molar-refractivity contribution in [2.24, 2.45) is 0 Å². The van der Waals surface area contributed by atoms with Gasteiger partial charge in [0.2, 0.25) is 5.91 Å². The number of nitrogens with zero attached hydrogens (tertiary/aromatic N) is 2. The van der Waals surface area contributed by atoms with Crippen molar-refractivity contribution in [3.8, 4) is 0 Å². The van der Waals surface area contributed by atoms with E-state index in [2.05, 4.69) is 4.90 Å². The third kappa shape index (κ3) is 3.27. The number of benzene rings is 1. The third-order valence-corrected chi connectivity index (χ3v) is 4.50. The Hall–Kier alpha value is -2.21. The van der Waals surface area contributed by atoms with Gasteiger partial charge in [-0.3, -0.25) is 19.3 Å². The molecule has 0 spiro atoms. The van der Waals surface area contributed by atoms with Gasteiger partial charge in [0, 0.05) is 0 Å². The molecule has 0 radical (unpaired) electrons. The van der Waals surface area contributed by atoms with E-state index >= 15 is 0 Å². The second-order valence-electron chi connectivity index (χ2n) is 6.12. The number of carboxylic acid groups (broad SMARTS) is 1. The molecule has 2 aliphatic heterocycles. The number of hydrogen-bond acceptors (Lipinski definition) is 4. The lowest BCUT2D eigenvalue weighted by Gasteiger charge is -2.30. The minimum atomic E-state index is -0.906. The molecule has 122 valence electrons. The average molecular weight is 316 g/mol. The van der Waals surface area contributed by atoms with E-state index in [4.69, 9.17) is 5.11 Å². The normalized spacial score (nSPS) is 22.6. The van der Waals surface area contributed by atoms with Crippen LogP contribution in [0.15, 0.2) is 24.3 Å². The molecule has 6 heteroatoms. The van der Waals surface area contributed by atoms with Crippen LogP contribution in [-0.4, -0.2) is 46.9 Å². The zero-order valence-corrected chi connectivity index (χ0v) is 12.9. The van der Waals surface area contributed by atoms with Gasteiger partial charge in [0.25, 0.3) is 5.91 Å². The van der Waals surface area contributed by atoms with Crippen molar-refractivity contribution < 1.29 is 19.5 Å². The first kappa shape index (κ1) is 15.7. The zero-order valence-electron chi connectivity index (χ0n) is 12.9. The highest BCUT2D eigenvalue weighted by atomic mass is 16.4. The van der Waals surface area contributed by atoms with E-state index < -0.39 is 5.97 Å². The Labute approximate surface area is 134 Å². The van der Waals surface area contributed by atoms with Crippen molar-refractivity contribution >= 4 is 23.5 Å². The maximum Gasteiger partial charge on any atom is 0.307 e. The van der Waals surface area contributed by atoms with Crippen LogP contribution in [0, 0.1) is 0 Å². The highest BCUT2D eigenvalue weighted by Gasteiger charge is 2.42. The van der Waals surface area contributed by atoms with Crippen LogP contribution < -0.4 is 4.90 Å². The molecule has 2 saturated heterocycles. The maximum atomic E-state index is 12.6. The monoisotopic (exact) mass is 316 g/mol. The molecular formula is C17H20N2O4. The molecule has 2 fully saturated rings. The summed E-state index contributed by atoms with van der Waals surface area (Å²) in [6, 6.07) is 6.25. The van der Waals surface area contributed by atoms with Gasteiger partial charge >= 0.3 is 5.97 Å². The van der Waals surface area contributed by atoms with Crippen molar-refractivity contribution in [1.82, 2.24) is 4.90 Å². The van der Waals surface area contributed by atoms with Gasteiger partial charge in [-0.2, -0.15) is 0 Å². The Morgan fingerprint density at radius 1 is 1.09 bits per heavy atom. The molecule has 23 heavy (non-hydrogen) atoms. The molecule has 1 N–H and O–H groups in total. The Bertz CT molecular complexity index is 620. The lowest BCUT2D eigenvalue weighted by Crippen LogP contribution is -2.44. The van der Waals surface area contributed by atoms with E-state index in [1.165, 1.54) is 11.3 Å². The number of imide groups is 1. The summed E-state index contributed by atoms with van der Waals surface area (Å²) in [6.07, 6.45) is 3.48. The number of carboxylic acids is 1. The quantitative estimate of drug-likeness (QED) is 0.850. The topological polar surface area (TPSA) is 77.9 Å². The Kier molecular flexibility index (Phi) is 4.43. The minimum Gasteiger partial charge on any atom is -0.481 e. The van der Waals surface area contributed by atoms with E-state index in [0.29, 0.717) is 11.3 Å². The smallest absolute Gasteiger partial charge is 0.307 e. The van der Waals surface area contributed by atoms with Crippen LogP contribution in [0.25, 0.3) is 0 Å². The fraction of sp³-hybridized carbons (Fsp3) is 0.471. The molecule has 3 rings (SSSR count). The van der Waals surface area contributed by atoms with Crippen LogP contribution in [0.1, 0.15) is 31.2 Å². The first-order valence-electron chi connectivity index (χ1n) is 7.98. The standard InChI is InChI=1S/C17H20N2O4/c20-15-11-14(18-8-2-1-3-9-18)17(23)19(15)13-6-4-12(5-7-13)10-16(21)22/h4-7,14H,1-3,8-11H2,(H,21,22). The summed E-state index contributed by atoms with van der Waals surface area (Å²) in [7, 11) is 0. The molecule has 0 bridgehead atoms. The predicted octanol–water partition coefficient (Wildman–Crippen LogP) is 1.43. The molecule has 2 aliphatic rings. The van der Waals surface area contributed by atoms with Gasteiger partial charge in [-0.1, -0.05) is 18.6 Å². The summed E-state index contributed by atoms with van der Waals surface area (Å²) in [5, 5.41) is 8.79. The second-order valence-corrected chi connectivity index (χ2v) is 6.12. The van der Waals surface area contributed by atoms with Gasteiger partial charge < -0.3 is 5.11 Å². The van der Waals surface area contributed by atoms with Crippen molar-refractivity contribution in [2.45, 2.75) is 38.1 Å². The summed E-state index contributed by atoms with van der Waals surface area (Å²) in [5.41, 5.74) is 1.17. The van der Waals surface area contributed by atoms with Crippen LogP contribution in [0.2, 0.25) is 0 Å². The van der Waals surface area contributed by atoms with Gasteiger partial charge in [-0.15, -0.1) is 0 Å². The van der Waals surface area contributed by atoms with Crippen molar-refractivity contribution in [3.63, 3.8) is 0 Å². The predicted molar refractivity (Wildman–Crippen MR) is 84.1 cm³/mol. The maximum absolute atomic E-state index is 12.6. The molecular weight excluding hydrogens is 296 g/mol. The van der Waals surface area contributed by atoms with Crippen LogP contribution >= 0.6 is 0 Å². The molecule has 6 nitrogen and oxygen atoms in total. The second kappa shape index (κ2) is 6.50. The van der Waals surface area contributed by atoms with Gasteiger partial charge in [0.1, 0.15) is 0 Å². The number of rotatable bonds is 4.